The van der Waals surface area contributed by atoms with Crippen LogP contribution in [0.1, 0.15) is 23.3 Å². The molecule has 7 heteroatoms. The number of methoxy groups -OCH3 is 1. The quantitative estimate of drug-likeness (QED) is 0.456. The number of carbonyl (C=O) groups excluding carboxylic acids is 1. The molecule has 1 aromatic rings. The van der Waals surface area contributed by atoms with Crippen LogP contribution in [0.4, 0.5) is 11.5 Å². The van der Waals surface area contributed by atoms with Crippen LogP contribution in [0.25, 0.3) is 0 Å². The lowest BCUT2D eigenvalue weighted by molar-refractivity contribution is -0.384. The Morgan fingerprint density at radius 1 is 1.56 bits per heavy atom. The van der Waals surface area contributed by atoms with Gasteiger partial charge in [0.25, 0.3) is 0 Å². The number of ether oxygens (including phenoxy) is 1. The van der Waals surface area contributed by atoms with Crippen LogP contribution in [0.2, 0.25) is 0 Å². The van der Waals surface area contributed by atoms with Crippen LogP contribution < -0.4 is 4.90 Å². The summed E-state index contributed by atoms with van der Waals surface area (Å²) < 4.78 is 4.56. The fraction of sp³-hybridized carbons (Fsp3) is 0.455. The first-order valence-corrected chi connectivity index (χ1v) is 5.51. The minimum absolute atomic E-state index is 0.0746. The van der Waals surface area contributed by atoms with Crippen molar-refractivity contribution in [1.82, 2.24) is 4.98 Å². The number of nitrogens with zero attached hydrogens (tertiary/aromatic N) is 3. The summed E-state index contributed by atoms with van der Waals surface area (Å²) in [7, 11) is 2.99. The fourth-order valence-electron chi connectivity index (χ4n) is 1.70. The van der Waals surface area contributed by atoms with Crippen molar-refractivity contribution in [2.75, 3.05) is 19.1 Å². The van der Waals surface area contributed by atoms with E-state index in [1.54, 1.807) is 11.9 Å². The highest BCUT2D eigenvalue weighted by molar-refractivity contribution is 5.88. The smallest absolute Gasteiger partial charge is 0.356 e. The Hall–Kier alpha value is -2.18. The van der Waals surface area contributed by atoms with Gasteiger partial charge in [-0.3, -0.25) is 10.1 Å². The molecular weight excluding hydrogens is 238 g/mol. The molecular formula is C11H13N3O4. The number of anilines is 1. The lowest BCUT2D eigenvalue weighted by atomic mass is 10.3. The monoisotopic (exact) mass is 251 g/mol. The van der Waals surface area contributed by atoms with E-state index in [1.165, 1.54) is 19.2 Å². The summed E-state index contributed by atoms with van der Waals surface area (Å²) in [6, 6.07) is 2.85. The number of hydrogen-bond donors (Lipinski definition) is 0. The summed E-state index contributed by atoms with van der Waals surface area (Å²) in [5.74, 6) is -0.388. The lowest BCUT2D eigenvalue weighted by Gasteiger charge is -2.17. The second-order valence-electron chi connectivity index (χ2n) is 4.13. The molecule has 0 amide bonds. The maximum atomic E-state index is 11.4. The summed E-state index contributed by atoms with van der Waals surface area (Å²) in [5.41, 5.74) is -0.0253. The largest absolute Gasteiger partial charge is 0.464 e. The molecule has 1 aliphatic rings. The molecule has 1 aliphatic carbocycles. The van der Waals surface area contributed by atoms with E-state index in [0.717, 1.165) is 12.8 Å². The Bertz CT molecular complexity index is 499. The van der Waals surface area contributed by atoms with Gasteiger partial charge < -0.3 is 9.64 Å². The number of aromatic nitrogens is 1. The van der Waals surface area contributed by atoms with Crippen molar-refractivity contribution in [2.24, 2.45) is 0 Å². The van der Waals surface area contributed by atoms with Crippen molar-refractivity contribution in [1.29, 1.82) is 0 Å². The molecule has 96 valence electrons. The maximum absolute atomic E-state index is 11.4. The van der Waals surface area contributed by atoms with E-state index in [2.05, 4.69) is 9.72 Å². The van der Waals surface area contributed by atoms with Gasteiger partial charge in [-0.2, -0.15) is 0 Å². The average molecular weight is 251 g/mol. The van der Waals surface area contributed by atoms with Gasteiger partial charge in [-0.05, 0) is 18.9 Å². The highest BCUT2D eigenvalue weighted by Crippen LogP contribution is 2.34. The molecule has 1 fully saturated rings. The van der Waals surface area contributed by atoms with E-state index >= 15 is 0 Å². The van der Waals surface area contributed by atoms with E-state index in [0.29, 0.717) is 0 Å². The molecule has 0 aromatic carbocycles. The molecule has 0 saturated heterocycles. The molecule has 18 heavy (non-hydrogen) atoms. The summed E-state index contributed by atoms with van der Waals surface area (Å²) in [6.45, 7) is 0. The molecule has 0 N–H and O–H groups in total. The van der Waals surface area contributed by atoms with E-state index < -0.39 is 10.9 Å². The summed E-state index contributed by atoms with van der Waals surface area (Å²) in [5, 5.41) is 10.9. The van der Waals surface area contributed by atoms with Crippen molar-refractivity contribution in [2.45, 2.75) is 18.9 Å². The van der Waals surface area contributed by atoms with E-state index in [4.69, 9.17) is 0 Å². The summed E-state index contributed by atoms with van der Waals surface area (Å²) in [6.07, 6.45) is 1.97. The Labute approximate surface area is 104 Å². The van der Waals surface area contributed by atoms with Gasteiger partial charge in [0, 0.05) is 19.2 Å². The molecule has 0 spiro atoms. The predicted octanol–water partition coefficient (Wildman–Crippen LogP) is 1.37. The second kappa shape index (κ2) is 4.59. The Balaban J connectivity index is 2.43. The Kier molecular flexibility index (Phi) is 3.14. The summed E-state index contributed by atoms with van der Waals surface area (Å²) in [4.78, 5) is 27.6. The fourth-order valence-corrected chi connectivity index (χ4v) is 1.70. The van der Waals surface area contributed by atoms with E-state index in [9.17, 15) is 14.9 Å². The Morgan fingerprint density at radius 2 is 2.22 bits per heavy atom. The van der Waals surface area contributed by atoms with Gasteiger partial charge in [0.2, 0.25) is 5.82 Å². The molecule has 0 unspecified atom stereocenters. The minimum Gasteiger partial charge on any atom is -0.464 e. The highest BCUT2D eigenvalue weighted by Gasteiger charge is 2.32. The minimum atomic E-state index is -0.602. The van der Waals surface area contributed by atoms with Crippen LogP contribution in [-0.4, -0.2) is 36.1 Å². The first-order chi connectivity index (χ1) is 8.54. The molecule has 1 saturated carbocycles. The van der Waals surface area contributed by atoms with E-state index in [-0.39, 0.29) is 23.2 Å². The molecule has 0 radical (unpaired) electrons. The van der Waals surface area contributed by atoms with Crippen molar-refractivity contribution in [3.05, 3.63) is 27.9 Å². The van der Waals surface area contributed by atoms with Crippen molar-refractivity contribution in [3.63, 3.8) is 0 Å². The van der Waals surface area contributed by atoms with Crippen LogP contribution in [0.5, 0.6) is 0 Å². The predicted molar refractivity (Wildman–Crippen MR) is 63.7 cm³/mol. The van der Waals surface area contributed by atoms with Gasteiger partial charge >= 0.3 is 11.7 Å². The molecule has 1 aromatic heterocycles. The van der Waals surface area contributed by atoms with Gasteiger partial charge in [0.05, 0.1) is 12.0 Å². The van der Waals surface area contributed by atoms with Crippen LogP contribution in [0.3, 0.4) is 0 Å². The SMILES string of the molecule is COC(=O)c1ccc([N+](=O)[O-])c(N(C)C2CC2)n1. The van der Waals surface area contributed by atoms with Crippen molar-refractivity contribution < 1.29 is 14.5 Å². The first kappa shape index (κ1) is 12.3. The zero-order chi connectivity index (χ0) is 13.3. The summed E-state index contributed by atoms with van der Waals surface area (Å²) >= 11 is 0. The molecule has 1 heterocycles. The normalized spacial score (nSPS) is 14.1. The third-order valence-corrected chi connectivity index (χ3v) is 2.87. The van der Waals surface area contributed by atoms with Gasteiger partial charge in [-0.1, -0.05) is 0 Å². The number of hydrogen-bond acceptors (Lipinski definition) is 6. The van der Waals surface area contributed by atoms with Gasteiger partial charge in [0.1, 0.15) is 0 Å². The number of rotatable bonds is 4. The topological polar surface area (TPSA) is 85.6 Å². The maximum Gasteiger partial charge on any atom is 0.356 e. The van der Waals surface area contributed by atoms with Crippen LogP contribution in [0.15, 0.2) is 12.1 Å². The zero-order valence-electron chi connectivity index (χ0n) is 10.1. The molecule has 2 rings (SSSR count). The van der Waals surface area contributed by atoms with Crippen LogP contribution in [-0.2, 0) is 4.74 Å². The van der Waals surface area contributed by atoms with Gasteiger partial charge in [-0.15, -0.1) is 0 Å². The third-order valence-electron chi connectivity index (χ3n) is 2.87. The first-order valence-electron chi connectivity index (χ1n) is 5.51. The Morgan fingerprint density at radius 3 is 2.72 bits per heavy atom. The van der Waals surface area contributed by atoms with Gasteiger partial charge in [0.15, 0.2) is 5.69 Å². The number of pyridine rings is 1. The highest BCUT2D eigenvalue weighted by atomic mass is 16.6. The average Bonchev–Trinajstić information content (AvgIpc) is 3.20. The number of nitro groups is 1. The number of carbonyl (C=O) groups is 1. The van der Waals surface area contributed by atoms with Crippen molar-refractivity contribution >= 4 is 17.5 Å². The number of esters is 1. The van der Waals surface area contributed by atoms with Crippen molar-refractivity contribution in [3.8, 4) is 0 Å². The van der Waals surface area contributed by atoms with E-state index in [1.807, 2.05) is 0 Å². The molecule has 7 nitrogen and oxygen atoms in total. The van der Waals surface area contributed by atoms with Gasteiger partial charge in [-0.25, -0.2) is 9.78 Å². The zero-order valence-corrected chi connectivity index (χ0v) is 10.1. The molecule has 0 atom stereocenters. The second-order valence-corrected chi connectivity index (χ2v) is 4.13. The standard InChI is InChI=1S/C11H13N3O4/c1-13(7-3-4-7)10-9(14(16)17)6-5-8(12-10)11(15)18-2/h5-7H,3-4H2,1-2H3. The van der Waals surface area contributed by atoms with Crippen LogP contribution in [0, 0.1) is 10.1 Å². The molecule has 0 bridgehead atoms. The third kappa shape index (κ3) is 2.24. The lowest BCUT2D eigenvalue weighted by Crippen LogP contribution is -2.23. The molecule has 0 aliphatic heterocycles. The van der Waals surface area contributed by atoms with Crippen LogP contribution >= 0.6 is 0 Å².